The fourth-order valence-corrected chi connectivity index (χ4v) is 3.06. The maximum Gasteiger partial charge on any atom is 0.123 e. The molecule has 2 rings (SSSR count). The molecular weight excluding hydrogens is 250 g/mol. The maximum absolute atomic E-state index is 5.15. The minimum Gasteiger partial charge on any atom is -0.497 e. The zero-order chi connectivity index (χ0) is 12.3. The minimum absolute atomic E-state index is 0.866. The van der Waals surface area contributed by atoms with Crippen LogP contribution in [0.2, 0.25) is 0 Å². The molecule has 1 heterocycles. The van der Waals surface area contributed by atoms with Crippen molar-refractivity contribution in [2.45, 2.75) is 13.3 Å². The fourth-order valence-electron chi connectivity index (χ4n) is 1.62. The molecule has 0 aliphatic carbocycles. The summed E-state index contributed by atoms with van der Waals surface area (Å²) < 4.78 is 5.15. The smallest absolute Gasteiger partial charge is 0.123 e. The first-order chi connectivity index (χ1) is 8.24. The van der Waals surface area contributed by atoms with Gasteiger partial charge in [-0.3, -0.25) is 0 Å². The molecule has 2 nitrogen and oxygen atoms in total. The van der Waals surface area contributed by atoms with Gasteiger partial charge in [-0.05, 0) is 43.4 Å². The number of hydrogen-bond acceptors (Lipinski definition) is 4. The van der Waals surface area contributed by atoms with Crippen molar-refractivity contribution in [1.82, 2.24) is 4.98 Å². The van der Waals surface area contributed by atoms with Gasteiger partial charge in [-0.25, -0.2) is 4.98 Å². The highest BCUT2D eigenvalue weighted by molar-refractivity contribution is 7.80. The van der Waals surface area contributed by atoms with Crippen molar-refractivity contribution in [2.24, 2.45) is 0 Å². The van der Waals surface area contributed by atoms with Crippen LogP contribution >= 0.6 is 24.0 Å². The molecule has 0 atom stereocenters. The lowest BCUT2D eigenvalue weighted by Crippen LogP contribution is -1.84. The van der Waals surface area contributed by atoms with Crippen molar-refractivity contribution in [2.75, 3.05) is 12.9 Å². The van der Waals surface area contributed by atoms with E-state index in [1.807, 2.05) is 24.3 Å². The summed E-state index contributed by atoms with van der Waals surface area (Å²) in [6, 6.07) is 8.01. The van der Waals surface area contributed by atoms with Gasteiger partial charge in [0.15, 0.2) is 0 Å². The second kappa shape index (κ2) is 5.56. The SMILES string of the molecule is COc1ccc(-c2nc(C)c(CCS)s2)cc1. The second-order valence-electron chi connectivity index (χ2n) is 3.73. The van der Waals surface area contributed by atoms with Crippen LogP contribution in [0.4, 0.5) is 0 Å². The van der Waals surface area contributed by atoms with Crippen LogP contribution in [0.25, 0.3) is 10.6 Å². The lowest BCUT2D eigenvalue weighted by atomic mass is 10.2. The van der Waals surface area contributed by atoms with Crippen molar-refractivity contribution in [3.63, 3.8) is 0 Å². The molecule has 0 spiro atoms. The van der Waals surface area contributed by atoms with Crippen molar-refractivity contribution in [3.05, 3.63) is 34.8 Å². The molecule has 0 fully saturated rings. The summed E-state index contributed by atoms with van der Waals surface area (Å²) in [5, 5.41) is 1.07. The van der Waals surface area contributed by atoms with Gasteiger partial charge >= 0.3 is 0 Å². The Morgan fingerprint density at radius 1 is 1.29 bits per heavy atom. The third kappa shape index (κ3) is 2.82. The Bertz CT molecular complexity index is 491. The summed E-state index contributed by atoms with van der Waals surface area (Å²) in [7, 11) is 1.67. The predicted molar refractivity (Wildman–Crippen MR) is 76.4 cm³/mol. The topological polar surface area (TPSA) is 22.1 Å². The summed E-state index contributed by atoms with van der Waals surface area (Å²) in [4.78, 5) is 5.92. The molecule has 0 unspecified atom stereocenters. The summed E-state index contributed by atoms with van der Waals surface area (Å²) in [5.41, 5.74) is 2.26. The number of thiazole rings is 1. The third-order valence-corrected chi connectivity index (χ3v) is 4.06. The van der Waals surface area contributed by atoms with E-state index in [0.717, 1.165) is 34.2 Å². The number of nitrogens with zero attached hydrogens (tertiary/aromatic N) is 1. The lowest BCUT2D eigenvalue weighted by Gasteiger charge is -1.99. The summed E-state index contributed by atoms with van der Waals surface area (Å²) in [6.45, 7) is 2.06. The maximum atomic E-state index is 5.15. The van der Waals surface area contributed by atoms with E-state index < -0.39 is 0 Å². The minimum atomic E-state index is 0.866. The summed E-state index contributed by atoms with van der Waals surface area (Å²) in [6.07, 6.45) is 0.989. The number of thiol groups is 1. The number of aromatic nitrogens is 1. The van der Waals surface area contributed by atoms with Crippen LogP contribution in [0.5, 0.6) is 5.75 Å². The van der Waals surface area contributed by atoms with E-state index in [1.165, 1.54) is 4.88 Å². The van der Waals surface area contributed by atoms with Crippen LogP contribution in [-0.2, 0) is 6.42 Å². The van der Waals surface area contributed by atoms with Gasteiger partial charge in [-0.2, -0.15) is 12.6 Å². The monoisotopic (exact) mass is 265 g/mol. The van der Waals surface area contributed by atoms with Gasteiger partial charge in [-0.1, -0.05) is 0 Å². The molecule has 90 valence electrons. The third-order valence-electron chi connectivity index (χ3n) is 2.57. The Kier molecular flexibility index (Phi) is 4.07. The Morgan fingerprint density at radius 2 is 2.00 bits per heavy atom. The van der Waals surface area contributed by atoms with Gasteiger partial charge in [0.05, 0.1) is 12.8 Å². The number of benzene rings is 1. The van der Waals surface area contributed by atoms with Gasteiger partial charge in [0.2, 0.25) is 0 Å². The van der Waals surface area contributed by atoms with E-state index in [9.17, 15) is 0 Å². The van der Waals surface area contributed by atoms with E-state index >= 15 is 0 Å². The van der Waals surface area contributed by atoms with E-state index in [2.05, 4.69) is 24.5 Å². The molecule has 0 bridgehead atoms. The van der Waals surface area contributed by atoms with Gasteiger partial charge in [0.1, 0.15) is 10.8 Å². The first-order valence-corrected chi connectivity index (χ1v) is 6.91. The number of aryl methyl sites for hydroxylation is 2. The standard InChI is InChI=1S/C13H15NOS2/c1-9-12(7-8-16)17-13(14-9)10-3-5-11(15-2)6-4-10/h3-6,16H,7-8H2,1-2H3. The predicted octanol–water partition coefficient (Wildman–Crippen LogP) is 3.60. The van der Waals surface area contributed by atoms with Crippen LogP contribution < -0.4 is 4.74 Å². The van der Waals surface area contributed by atoms with Crippen molar-refractivity contribution in [3.8, 4) is 16.3 Å². The first kappa shape index (κ1) is 12.5. The summed E-state index contributed by atoms with van der Waals surface area (Å²) >= 11 is 6.01. The number of methoxy groups -OCH3 is 1. The highest BCUT2D eigenvalue weighted by Gasteiger charge is 2.08. The molecule has 1 aromatic heterocycles. The van der Waals surface area contributed by atoms with Crippen molar-refractivity contribution < 1.29 is 4.74 Å². The van der Waals surface area contributed by atoms with Crippen LogP contribution in [0.15, 0.2) is 24.3 Å². The first-order valence-electron chi connectivity index (χ1n) is 5.46. The Balaban J connectivity index is 2.29. The van der Waals surface area contributed by atoms with E-state index in [1.54, 1.807) is 18.4 Å². The number of ether oxygens (including phenoxy) is 1. The molecule has 1 aromatic carbocycles. The number of hydrogen-bond donors (Lipinski definition) is 1. The highest BCUT2D eigenvalue weighted by atomic mass is 32.1. The highest BCUT2D eigenvalue weighted by Crippen LogP contribution is 2.29. The molecule has 17 heavy (non-hydrogen) atoms. The average molecular weight is 265 g/mol. The van der Waals surface area contributed by atoms with Crippen molar-refractivity contribution >= 4 is 24.0 Å². The molecule has 2 aromatic rings. The van der Waals surface area contributed by atoms with Crippen molar-refractivity contribution in [1.29, 1.82) is 0 Å². The molecule has 0 N–H and O–H groups in total. The van der Waals surface area contributed by atoms with E-state index in [-0.39, 0.29) is 0 Å². The molecular formula is C13H15NOS2. The number of rotatable bonds is 4. The van der Waals surface area contributed by atoms with Gasteiger partial charge < -0.3 is 4.74 Å². The molecule has 4 heteroatoms. The van der Waals surface area contributed by atoms with Crippen LogP contribution in [0.3, 0.4) is 0 Å². The average Bonchev–Trinajstić information content (AvgIpc) is 2.72. The van der Waals surface area contributed by atoms with Crippen LogP contribution in [-0.4, -0.2) is 17.8 Å². The Morgan fingerprint density at radius 3 is 2.59 bits per heavy atom. The van der Waals surface area contributed by atoms with E-state index in [0.29, 0.717) is 0 Å². The van der Waals surface area contributed by atoms with Crippen LogP contribution in [0, 0.1) is 6.92 Å². The fraction of sp³-hybridized carbons (Fsp3) is 0.308. The Hall–Kier alpha value is -1.00. The molecule has 0 saturated carbocycles. The lowest BCUT2D eigenvalue weighted by molar-refractivity contribution is 0.415. The molecule has 0 aliphatic heterocycles. The molecule has 0 aliphatic rings. The van der Waals surface area contributed by atoms with Crippen LogP contribution in [0.1, 0.15) is 10.6 Å². The zero-order valence-corrected chi connectivity index (χ0v) is 11.6. The zero-order valence-electron chi connectivity index (χ0n) is 9.93. The van der Waals surface area contributed by atoms with Gasteiger partial charge in [0.25, 0.3) is 0 Å². The largest absolute Gasteiger partial charge is 0.497 e. The molecule has 0 radical (unpaired) electrons. The Labute approximate surface area is 111 Å². The van der Waals surface area contributed by atoms with Gasteiger partial charge in [0, 0.05) is 10.4 Å². The van der Waals surface area contributed by atoms with Gasteiger partial charge in [-0.15, -0.1) is 11.3 Å². The molecule has 0 saturated heterocycles. The van der Waals surface area contributed by atoms with E-state index in [4.69, 9.17) is 4.74 Å². The quantitative estimate of drug-likeness (QED) is 0.853. The molecule has 0 amide bonds. The summed E-state index contributed by atoms with van der Waals surface area (Å²) in [5.74, 6) is 1.74. The normalized spacial score (nSPS) is 10.5. The second-order valence-corrected chi connectivity index (χ2v) is 5.26.